The topological polar surface area (TPSA) is 29.4 Å². The Balaban J connectivity index is 1.82. The van der Waals surface area contributed by atoms with Crippen LogP contribution in [0.3, 0.4) is 0 Å². The van der Waals surface area contributed by atoms with Crippen molar-refractivity contribution in [3.63, 3.8) is 0 Å². The minimum absolute atomic E-state index is 0.195. The summed E-state index contributed by atoms with van der Waals surface area (Å²) in [5.74, 6) is 0.195. The van der Waals surface area contributed by atoms with Crippen LogP contribution in [0.1, 0.15) is 48.5 Å². The fourth-order valence-corrected chi connectivity index (χ4v) is 3.12. The van der Waals surface area contributed by atoms with Crippen LogP contribution in [0.25, 0.3) is 0 Å². The van der Waals surface area contributed by atoms with E-state index in [0.717, 1.165) is 30.5 Å². The number of carbonyl (C=O) groups excluding carboxylic acids is 1. The summed E-state index contributed by atoms with van der Waals surface area (Å²) in [6.07, 6.45) is 3.33. The quantitative estimate of drug-likeness (QED) is 0.735. The van der Waals surface area contributed by atoms with E-state index in [0.29, 0.717) is 6.42 Å². The van der Waals surface area contributed by atoms with Gasteiger partial charge in [-0.25, -0.2) is 0 Å². The van der Waals surface area contributed by atoms with Crippen LogP contribution in [0.4, 0.5) is 0 Å². The maximum atomic E-state index is 12.5. The molecule has 22 heavy (non-hydrogen) atoms. The second-order valence-corrected chi connectivity index (χ2v) is 5.97. The van der Waals surface area contributed by atoms with Gasteiger partial charge in [0.1, 0.15) is 0 Å². The van der Waals surface area contributed by atoms with E-state index in [4.69, 9.17) is 4.99 Å². The number of nitrogens with zero attached hydrogens (tertiary/aromatic N) is 1. The normalized spacial score (nSPS) is 20.7. The van der Waals surface area contributed by atoms with Crippen LogP contribution in [-0.2, 0) is 0 Å². The summed E-state index contributed by atoms with van der Waals surface area (Å²) < 4.78 is 0. The molecule has 0 spiro atoms. The third-order valence-electron chi connectivity index (χ3n) is 4.55. The van der Waals surface area contributed by atoms with Gasteiger partial charge in [0.15, 0.2) is 5.78 Å². The van der Waals surface area contributed by atoms with Crippen molar-refractivity contribution < 1.29 is 4.79 Å². The number of hydrogen-bond acceptors (Lipinski definition) is 2. The van der Waals surface area contributed by atoms with Gasteiger partial charge in [0.25, 0.3) is 0 Å². The van der Waals surface area contributed by atoms with E-state index in [-0.39, 0.29) is 11.3 Å². The van der Waals surface area contributed by atoms with Crippen LogP contribution in [-0.4, -0.2) is 17.0 Å². The van der Waals surface area contributed by atoms with Crippen LogP contribution in [0.5, 0.6) is 0 Å². The van der Waals surface area contributed by atoms with Crippen LogP contribution in [0.2, 0.25) is 0 Å². The van der Waals surface area contributed by atoms with Crippen LogP contribution < -0.4 is 0 Å². The Hall–Kier alpha value is -2.22. The molecule has 2 nitrogen and oxygen atoms in total. The maximum Gasteiger partial charge on any atom is 0.165 e. The summed E-state index contributed by atoms with van der Waals surface area (Å²) in [6.45, 7) is 2.13. The highest BCUT2D eigenvalue weighted by molar-refractivity contribution is 6.03. The first-order valence-electron chi connectivity index (χ1n) is 7.95. The number of rotatable bonds is 5. The maximum absolute atomic E-state index is 12.5. The summed E-state index contributed by atoms with van der Waals surface area (Å²) >= 11 is 0. The summed E-state index contributed by atoms with van der Waals surface area (Å²) in [5.41, 5.74) is 2.89. The second-order valence-electron chi connectivity index (χ2n) is 5.97. The Morgan fingerprint density at radius 2 is 1.68 bits per heavy atom. The second kappa shape index (κ2) is 6.27. The van der Waals surface area contributed by atoms with Crippen molar-refractivity contribution >= 4 is 11.5 Å². The van der Waals surface area contributed by atoms with E-state index in [2.05, 4.69) is 19.1 Å². The molecule has 0 amide bonds. The van der Waals surface area contributed by atoms with Gasteiger partial charge in [0.2, 0.25) is 0 Å². The van der Waals surface area contributed by atoms with Gasteiger partial charge in [-0.05, 0) is 24.8 Å². The number of aliphatic imine (C=N–C) groups is 1. The Bertz CT molecular complexity index is 675. The van der Waals surface area contributed by atoms with Gasteiger partial charge in [-0.15, -0.1) is 0 Å². The van der Waals surface area contributed by atoms with Crippen molar-refractivity contribution in [2.45, 2.75) is 38.1 Å². The highest BCUT2D eigenvalue weighted by Gasteiger charge is 2.35. The zero-order valence-corrected chi connectivity index (χ0v) is 13.0. The molecule has 0 bridgehead atoms. The zero-order chi connectivity index (χ0) is 15.4. The van der Waals surface area contributed by atoms with Gasteiger partial charge in [0.05, 0.1) is 5.54 Å². The zero-order valence-electron chi connectivity index (χ0n) is 13.0. The van der Waals surface area contributed by atoms with E-state index in [1.165, 1.54) is 5.56 Å². The molecule has 112 valence electrons. The molecule has 0 aliphatic carbocycles. The Morgan fingerprint density at radius 3 is 2.32 bits per heavy atom. The monoisotopic (exact) mass is 291 g/mol. The molecule has 2 heteroatoms. The van der Waals surface area contributed by atoms with Crippen LogP contribution in [0, 0.1) is 0 Å². The van der Waals surface area contributed by atoms with E-state index in [9.17, 15) is 4.79 Å². The molecular weight excluding hydrogens is 270 g/mol. The lowest BCUT2D eigenvalue weighted by Gasteiger charge is -2.23. The lowest BCUT2D eigenvalue weighted by atomic mass is 9.86. The molecule has 3 rings (SSSR count). The van der Waals surface area contributed by atoms with Crippen molar-refractivity contribution in [1.82, 2.24) is 0 Å². The third-order valence-corrected chi connectivity index (χ3v) is 4.55. The highest BCUT2D eigenvalue weighted by atomic mass is 16.1. The smallest absolute Gasteiger partial charge is 0.165 e. The molecule has 1 heterocycles. The molecule has 0 aromatic heterocycles. The predicted molar refractivity (Wildman–Crippen MR) is 90.6 cm³/mol. The molecule has 2 aromatic rings. The van der Waals surface area contributed by atoms with Crippen molar-refractivity contribution in [3.05, 3.63) is 71.8 Å². The highest BCUT2D eigenvalue weighted by Crippen LogP contribution is 2.35. The predicted octanol–water partition coefficient (Wildman–Crippen LogP) is 4.69. The number of ketones is 1. The van der Waals surface area contributed by atoms with Crippen molar-refractivity contribution in [2.75, 3.05) is 0 Å². The first-order chi connectivity index (χ1) is 10.7. The van der Waals surface area contributed by atoms with E-state index < -0.39 is 0 Å². The SMILES string of the molecule is CCC1(CC(=O)c2ccccc2)CCC(c2ccccc2)=N1. The Morgan fingerprint density at radius 1 is 1.05 bits per heavy atom. The van der Waals surface area contributed by atoms with E-state index in [1.807, 2.05) is 48.5 Å². The number of hydrogen-bond donors (Lipinski definition) is 0. The summed E-state index contributed by atoms with van der Waals surface area (Å²) in [4.78, 5) is 17.5. The van der Waals surface area contributed by atoms with Crippen LogP contribution >= 0.6 is 0 Å². The molecule has 0 saturated carbocycles. The minimum atomic E-state index is -0.224. The number of benzene rings is 2. The summed E-state index contributed by atoms with van der Waals surface area (Å²) in [5, 5.41) is 0. The summed E-state index contributed by atoms with van der Waals surface area (Å²) in [7, 11) is 0. The molecule has 2 aromatic carbocycles. The van der Waals surface area contributed by atoms with Crippen molar-refractivity contribution in [2.24, 2.45) is 4.99 Å². The molecule has 1 aliphatic rings. The van der Waals surface area contributed by atoms with Crippen molar-refractivity contribution in [1.29, 1.82) is 0 Å². The largest absolute Gasteiger partial charge is 0.294 e. The van der Waals surface area contributed by atoms with E-state index >= 15 is 0 Å². The Labute approximate surface area is 131 Å². The van der Waals surface area contributed by atoms with Gasteiger partial charge in [-0.2, -0.15) is 0 Å². The first kappa shape index (κ1) is 14.7. The van der Waals surface area contributed by atoms with Gasteiger partial charge in [-0.3, -0.25) is 9.79 Å². The number of carbonyl (C=O) groups is 1. The minimum Gasteiger partial charge on any atom is -0.294 e. The van der Waals surface area contributed by atoms with E-state index in [1.54, 1.807) is 0 Å². The van der Waals surface area contributed by atoms with Crippen LogP contribution in [0.15, 0.2) is 65.7 Å². The Kier molecular flexibility index (Phi) is 4.19. The average molecular weight is 291 g/mol. The van der Waals surface area contributed by atoms with Gasteiger partial charge >= 0.3 is 0 Å². The first-order valence-corrected chi connectivity index (χ1v) is 7.95. The third kappa shape index (κ3) is 3.01. The average Bonchev–Trinajstić information content (AvgIpc) is 3.01. The molecule has 1 aliphatic heterocycles. The van der Waals surface area contributed by atoms with Gasteiger partial charge in [0, 0.05) is 17.7 Å². The molecule has 1 atom stereocenters. The van der Waals surface area contributed by atoms with Gasteiger partial charge in [-0.1, -0.05) is 67.6 Å². The standard InChI is InChI=1S/C20H21NO/c1-2-20(15-19(22)17-11-7-4-8-12-17)14-13-18(21-20)16-9-5-3-6-10-16/h3-12H,2,13-15H2,1H3. The van der Waals surface area contributed by atoms with Crippen molar-refractivity contribution in [3.8, 4) is 0 Å². The molecule has 0 N–H and O–H groups in total. The molecule has 0 radical (unpaired) electrons. The molecular formula is C20H21NO. The fraction of sp³-hybridized carbons (Fsp3) is 0.300. The lowest BCUT2D eigenvalue weighted by molar-refractivity contribution is 0.0950. The number of Topliss-reactive ketones (excluding diaryl/α,β-unsaturated/α-hetero) is 1. The van der Waals surface area contributed by atoms with Gasteiger partial charge < -0.3 is 0 Å². The fourth-order valence-electron chi connectivity index (χ4n) is 3.12. The molecule has 0 saturated heterocycles. The molecule has 1 unspecified atom stereocenters. The lowest BCUT2D eigenvalue weighted by Crippen LogP contribution is -2.26. The molecule has 0 fully saturated rings. The summed E-state index contributed by atoms with van der Waals surface area (Å²) in [6, 6.07) is 19.9.